The maximum absolute atomic E-state index is 13.0. The highest BCUT2D eigenvalue weighted by molar-refractivity contribution is 5.85. The number of nitrogens with one attached hydrogen (secondary N) is 1. The second kappa shape index (κ2) is 6.97. The van der Waals surface area contributed by atoms with Gasteiger partial charge in [-0.2, -0.15) is 0 Å². The van der Waals surface area contributed by atoms with Crippen LogP contribution in [0.3, 0.4) is 0 Å². The van der Waals surface area contributed by atoms with Gasteiger partial charge in [-0.3, -0.25) is 4.79 Å². The number of piperidine rings is 1. The molecule has 1 aromatic carbocycles. The van der Waals surface area contributed by atoms with Crippen LogP contribution in [-0.2, 0) is 16.0 Å². The van der Waals surface area contributed by atoms with Crippen LogP contribution in [0.4, 0.5) is 4.39 Å². The summed E-state index contributed by atoms with van der Waals surface area (Å²) >= 11 is 0. The fourth-order valence-electron chi connectivity index (χ4n) is 3.76. The molecule has 1 aromatic rings. The highest BCUT2D eigenvalue weighted by atomic mass is 19.1. The van der Waals surface area contributed by atoms with Crippen LogP contribution < -0.4 is 5.32 Å². The minimum Gasteiger partial charge on any atom is -0.368 e. The first-order valence-corrected chi connectivity index (χ1v) is 8.43. The second-order valence-corrected chi connectivity index (χ2v) is 6.68. The van der Waals surface area contributed by atoms with Gasteiger partial charge in [-0.1, -0.05) is 12.1 Å². The molecule has 1 atom stereocenters. The third-order valence-corrected chi connectivity index (χ3v) is 5.20. The number of halogens is 1. The summed E-state index contributed by atoms with van der Waals surface area (Å²) in [6.07, 6.45) is 3.37. The average molecular weight is 320 g/mol. The smallest absolute Gasteiger partial charge is 0.254 e. The zero-order valence-electron chi connectivity index (χ0n) is 13.7. The average Bonchev–Trinajstić information content (AvgIpc) is 3.05. The molecule has 0 radical (unpaired) electrons. The summed E-state index contributed by atoms with van der Waals surface area (Å²) in [4.78, 5) is 14.9. The van der Waals surface area contributed by atoms with Crippen molar-refractivity contribution in [1.82, 2.24) is 10.2 Å². The van der Waals surface area contributed by atoms with Gasteiger partial charge in [-0.05, 0) is 62.4 Å². The number of rotatable bonds is 4. The van der Waals surface area contributed by atoms with E-state index < -0.39 is 5.60 Å². The van der Waals surface area contributed by atoms with Crippen LogP contribution in [0.5, 0.6) is 0 Å². The van der Waals surface area contributed by atoms with E-state index in [9.17, 15) is 9.18 Å². The summed E-state index contributed by atoms with van der Waals surface area (Å²) in [5.74, 6) is 0.382. The molecule has 1 unspecified atom stereocenters. The molecule has 2 aliphatic rings. The largest absolute Gasteiger partial charge is 0.368 e. The quantitative estimate of drug-likeness (QED) is 0.922. The monoisotopic (exact) mass is 320 g/mol. The van der Waals surface area contributed by atoms with E-state index in [-0.39, 0.29) is 11.7 Å². The molecule has 1 N–H and O–H groups in total. The molecule has 0 aromatic heterocycles. The molecule has 4 nitrogen and oxygen atoms in total. The third kappa shape index (κ3) is 3.56. The fraction of sp³-hybridized carbons (Fsp3) is 0.611. The first-order chi connectivity index (χ1) is 11.1. The Labute approximate surface area is 137 Å². The molecular weight excluding hydrogens is 295 g/mol. The van der Waals surface area contributed by atoms with Crippen molar-refractivity contribution in [3.05, 3.63) is 35.6 Å². The maximum atomic E-state index is 13.0. The molecule has 0 bridgehead atoms. The van der Waals surface area contributed by atoms with Crippen molar-refractivity contribution in [2.24, 2.45) is 5.92 Å². The van der Waals surface area contributed by atoms with Crippen LogP contribution in [0.1, 0.15) is 24.8 Å². The van der Waals surface area contributed by atoms with E-state index in [1.165, 1.54) is 12.1 Å². The molecule has 0 saturated carbocycles. The van der Waals surface area contributed by atoms with Crippen molar-refractivity contribution in [2.75, 3.05) is 33.3 Å². The number of carbonyl (C=O) groups excluding carboxylic acids is 1. The van der Waals surface area contributed by atoms with Crippen LogP contribution >= 0.6 is 0 Å². The molecule has 5 heteroatoms. The van der Waals surface area contributed by atoms with E-state index in [4.69, 9.17) is 4.74 Å². The Bertz CT molecular complexity index is 540. The lowest BCUT2D eigenvalue weighted by Crippen LogP contribution is -2.54. The Morgan fingerprint density at radius 3 is 2.70 bits per heavy atom. The summed E-state index contributed by atoms with van der Waals surface area (Å²) < 4.78 is 18.6. The molecular formula is C18H25FN2O2. The highest BCUT2D eigenvalue weighted by Gasteiger charge is 2.43. The van der Waals surface area contributed by atoms with Gasteiger partial charge in [0.25, 0.3) is 5.91 Å². The lowest BCUT2D eigenvalue weighted by Gasteiger charge is -2.37. The Hall–Kier alpha value is -1.46. The van der Waals surface area contributed by atoms with Crippen molar-refractivity contribution in [3.63, 3.8) is 0 Å². The third-order valence-electron chi connectivity index (χ3n) is 5.20. The number of nitrogens with zero attached hydrogens (tertiary/aromatic N) is 1. The van der Waals surface area contributed by atoms with E-state index >= 15 is 0 Å². The van der Waals surface area contributed by atoms with Gasteiger partial charge in [-0.25, -0.2) is 4.39 Å². The Kier molecular flexibility index (Phi) is 4.97. The van der Waals surface area contributed by atoms with E-state index in [0.717, 1.165) is 57.4 Å². The highest BCUT2D eigenvalue weighted by Crippen LogP contribution is 2.29. The number of ether oxygens (including phenoxy) is 1. The molecule has 2 fully saturated rings. The zero-order valence-corrected chi connectivity index (χ0v) is 13.7. The Morgan fingerprint density at radius 2 is 2.04 bits per heavy atom. The van der Waals surface area contributed by atoms with Crippen molar-refractivity contribution in [1.29, 1.82) is 0 Å². The van der Waals surface area contributed by atoms with Crippen molar-refractivity contribution in [2.45, 2.75) is 31.3 Å². The molecule has 3 rings (SSSR count). The predicted octanol–water partition coefficient (Wildman–Crippen LogP) is 1.99. The fourth-order valence-corrected chi connectivity index (χ4v) is 3.76. The molecule has 0 spiro atoms. The van der Waals surface area contributed by atoms with Crippen molar-refractivity contribution >= 4 is 5.91 Å². The first-order valence-electron chi connectivity index (χ1n) is 8.43. The van der Waals surface area contributed by atoms with Crippen LogP contribution in [-0.4, -0.2) is 49.7 Å². The van der Waals surface area contributed by atoms with E-state index in [2.05, 4.69) is 5.32 Å². The summed E-state index contributed by atoms with van der Waals surface area (Å²) in [5, 5.41) is 3.28. The number of hydrogen-bond donors (Lipinski definition) is 1. The standard InChI is InChI=1S/C18H25FN2O2/c1-23-18(7-9-20-10-8-18)17(22)21-11-6-15(13-21)12-14-2-4-16(19)5-3-14/h2-5,15,20H,6-13H2,1H3. The molecule has 126 valence electrons. The molecule has 2 aliphatic heterocycles. The Morgan fingerprint density at radius 1 is 1.35 bits per heavy atom. The molecule has 2 saturated heterocycles. The summed E-state index contributed by atoms with van der Waals surface area (Å²) in [6, 6.07) is 6.68. The molecule has 2 heterocycles. The van der Waals surface area contributed by atoms with Crippen molar-refractivity contribution < 1.29 is 13.9 Å². The van der Waals surface area contributed by atoms with Crippen LogP contribution in [0.2, 0.25) is 0 Å². The Balaban J connectivity index is 1.60. The van der Waals surface area contributed by atoms with Gasteiger partial charge >= 0.3 is 0 Å². The van der Waals surface area contributed by atoms with Crippen LogP contribution in [0.15, 0.2) is 24.3 Å². The van der Waals surface area contributed by atoms with Gasteiger partial charge in [0.2, 0.25) is 0 Å². The first kappa shape index (κ1) is 16.4. The number of hydrogen-bond acceptors (Lipinski definition) is 3. The molecule has 1 amide bonds. The lowest BCUT2D eigenvalue weighted by atomic mass is 9.90. The van der Waals surface area contributed by atoms with Gasteiger partial charge in [0, 0.05) is 20.2 Å². The van der Waals surface area contributed by atoms with Crippen LogP contribution in [0.25, 0.3) is 0 Å². The topological polar surface area (TPSA) is 41.6 Å². The summed E-state index contributed by atoms with van der Waals surface area (Å²) in [6.45, 7) is 3.22. The number of likely N-dealkylation sites (tertiary alicyclic amines) is 1. The minimum atomic E-state index is -0.643. The van der Waals surface area contributed by atoms with Gasteiger partial charge in [0.05, 0.1) is 0 Å². The SMILES string of the molecule is COC1(C(=O)N2CCC(Cc3ccc(F)cc3)C2)CCNCC1. The van der Waals surface area contributed by atoms with Gasteiger partial charge in [0.1, 0.15) is 11.4 Å². The number of amides is 1. The van der Waals surface area contributed by atoms with Crippen LogP contribution in [0, 0.1) is 11.7 Å². The predicted molar refractivity (Wildman–Crippen MR) is 86.6 cm³/mol. The van der Waals surface area contributed by atoms with Gasteiger partial charge in [-0.15, -0.1) is 0 Å². The number of carbonyl (C=O) groups is 1. The van der Waals surface area contributed by atoms with Gasteiger partial charge in [0.15, 0.2) is 0 Å². The lowest BCUT2D eigenvalue weighted by molar-refractivity contribution is -0.157. The number of benzene rings is 1. The maximum Gasteiger partial charge on any atom is 0.254 e. The molecule has 23 heavy (non-hydrogen) atoms. The second-order valence-electron chi connectivity index (χ2n) is 6.68. The normalized spacial score (nSPS) is 23.9. The van der Waals surface area contributed by atoms with E-state index in [0.29, 0.717) is 5.92 Å². The summed E-state index contributed by atoms with van der Waals surface area (Å²) in [7, 11) is 1.65. The minimum absolute atomic E-state index is 0.142. The van der Waals surface area contributed by atoms with E-state index in [1.807, 2.05) is 17.0 Å². The van der Waals surface area contributed by atoms with Gasteiger partial charge < -0.3 is 15.0 Å². The zero-order chi connectivity index (χ0) is 16.3. The van der Waals surface area contributed by atoms with E-state index in [1.54, 1.807) is 7.11 Å². The number of methoxy groups -OCH3 is 1. The summed E-state index contributed by atoms with van der Waals surface area (Å²) in [5.41, 5.74) is 0.491. The van der Waals surface area contributed by atoms with Crippen molar-refractivity contribution in [3.8, 4) is 0 Å². The molecule has 0 aliphatic carbocycles.